The van der Waals surface area contributed by atoms with Crippen molar-refractivity contribution in [3.05, 3.63) is 34.0 Å². The van der Waals surface area contributed by atoms with E-state index >= 15 is 0 Å². The summed E-state index contributed by atoms with van der Waals surface area (Å²) in [6.07, 6.45) is 9.98. The lowest BCUT2D eigenvalue weighted by Gasteiger charge is -2.49. The third-order valence-corrected chi connectivity index (χ3v) is 11.9. The normalized spacial score (nSPS) is 29.0. The Morgan fingerprint density at radius 2 is 1.93 bits per heavy atom. The van der Waals surface area contributed by atoms with Gasteiger partial charge in [0.25, 0.3) is 5.91 Å². The molecule has 2 bridgehead atoms. The summed E-state index contributed by atoms with van der Waals surface area (Å²) in [7, 11) is 1.92. The van der Waals surface area contributed by atoms with E-state index in [1.807, 2.05) is 18.0 Å². The fourth-order valence-corrected chi connectivity index (χ4v) is 9.75. The monoisotopic (exact) mass is 604 g/mol. The number of likely N-dealkylation sites (N-methyl/N-ethyl adjacent to an activating group) is 1. The Kier molecular flexibility index (Phi) is 5.96. The fraction of sp³-hybridized carbons (Fsp3) is 0.636. The molecule has 10 heteroatoms. The number of carbonyl (C=O) groups is 1. The molecule has 4 saturated heterocycles. The second-order valence-electron chi connectivity index (χ2n) is 14.1. The molecule has 2 aromatic rings. The number of rotatable bonds is 5. The molecule has 7 aliphatic rings. The highest BCUT2D eigenvalue weighted by molar-refractivity contribution is 6.32. The van der Waals surface area contributed by atoms with Crippen LogP contribution in [0, 0.1) is 0 Å². The topological polar surface area (TPSA) is 84.4 Å². The van der Waals surface area contributed by atoms with Crippen LogP contribution in [-0.4, -0.2) is 84.4 Å². The summed E-state index contributed by atoms with van der Waals surface area (Å²) in [5, 5.41) is 14.9. The molecule has 2 N–H and O–H groups in total. The number of piperazine rings is 1. The van der Waals surface area contributed by atoms with Crippen LogP contribution < -0.4 is 24.8 Å². The number of hydrogen-bond acceptors (Lipinski definition) is 8. The maximum Gasteiger partial charge on any atom is 0.251 e. The predicted octanol–water partition coefficient (Wildman–Crippen LogP) is 4.17. The number of benzene rings is 1. The third kappa shape index (κ3) is 4.03. The van der Waals surface area contributed by atoms with Crippen LogP contribution in [-0.2, 0) is 17.8 Å². The Bertz CT molecular complexity index is 1500. The molecule has 9 rings (SSSR count). The highest BCUT2D eigenvalue weighted by atomic mass is 35.5. The lowest BCUT2D eigenvalue weighted by atomic mass is 9.92. The number of phenolic OH excluding ortho intramolecular Hbond substituents is 1. The lowest BCUT2D eigenvalue weighted by Crippen LogP contribution is -2.66. The molecule has 1 aromatic carbocycles. The minimum atomic E-state index is -0.196. The summed E-state index contributed by atoms with van der Waals surface area (Å²) in [6.45, 7) is 5.17. The number of hydrogen-bond donors (Lipinski definition) is 2. The highest BCUT2D eigenvalue weighted by Crippen LogP contribution is 2.52. The van der Waals surface area contributed by atoms with Crippen LogP contribution in [0.1, 0.15) is 74.1 Å². The Morgan fingerprint density at radius 1 is 1.12 bits per heavy atom. The third-order valence-electron chi connectivity index (χ3n) is 11.6. The first-order valence-electron chi connectivity index (χ1n) is 16.4. The van der Waals surface area contributed by atoms with Crippen LogP contribution in [0.5, 0.6) is 11.6 Å². The first kappa shape index (κ1) is 26.6. The Balaban J connectivity index is 1.15. The number of carbonyl (C=O) groups excluding carboxylic acids is 1. The second kappa shape index (κ2) is 9.62. The van der Waals surface area contributed by atoms with Gasteiger partial charge in [-0.05, 0) is 88.4 Å². The molecule has 7 heterocycles. The van der Waals surface area contributed by atoms with Gasteiger partial charge < -0.3 is 29.9 Å². The van der Waals surface area contributed by atoms with Crippen LogP contribution in [0.4, 0.5) is 17.1 Å². The van der Waals surface area contributed by atoms with E-state index in [1.54, 1.807) is 6.07 Å². The maximum absolute atomic E-state index is 14.0. The van der Waals surface area contributed by atoms with Crippen molar-refractivity contribution in [2.75, 3.05) is 54.5 Å². The van der Waals surface area contributed by atoms with Crippen molar-refractivity contribution in [2.24, 2.45) is 0 Å². The van der Waals surface area contributed by atoms with Gasteiger partial charge in [0.15, 0.2) is 0 Å². The zero-order valence-corrected chi connectivity index (χ0v) is 25.7. The molecule has 1 amide bonds. The number of phenols is 1. The molecule has 0 spiro atoms. The van der Waals surface area contributed by atoms with Crippen molar-refractivity contribution in [1.82, 2.24) is 15.2 Å². The number of halogens is 1. The van der Waals surface area contributed by atoms with Gasteiger partial charge in [-0.1, -0.05) is 11.6 Å². The van der Waals surface area contributed by atoms with Gasteiger partial charge in [-0.15, -0.1) is 0 Å². The molecular weight excluding hydrogens is 564 g/mol. The number of nitrogens with zero attached hydrogens (tertiary/aromatic N) is 5. The minimum absolute atomic E-state index is 0.0852. The van der Waals surface area contributed by atoms with E-state index in [1.165, 1.54) is 18.4 Å². The highest BCUT2D eigenvalue weighted by Gasteiger charge is 2.51. The maximum atomic E-state index is 14.0. The second-order valence-corrected chi connectivity index (χ2v) is 14.5. The van der Waals surface area contributed by atoms with Crippen molar-refractivity contribution in [2.45, 2.75) is 93.9 Å². The van der Waals surface area contributed by atoms with Crippen LogP contribution in [0.3, 0.4) is 0 Å². The van der Waals surface area contributed by atoms with Gasteiger partial charge in [0.05, 0.1) is 23.5 Å². The van der Waals surface area contributed by atoms with Gasteiger partial charge >= 0.3 is 0 Å². The molecule has 1 saturated carbocycles. The smallest absolute Gasteiger partial charge is 0.251 e. The van der Waals surface area contributed by atoms with E-state index in [-0.39, 0.29) is 29.3 Å². The van der Waals surface area contributed by atoms with E-state index < -0.39 is 0 Å². The number of ether oxygens (including phenoxy) is 1. The molecule has 43 heavy (non-hydrogen) atoms. The van der Waals surface area contributed by atoms with Crippen molar-refractivity contribution in [1.29, 1.82) is 0 Å². The van der Waals surface area contributed by atoms with Gasteiger partial charge in [0.1, 0.15) is 24.1 Å². The lowest BCUT2D eigenvalue weighted by molar-refractivity contribution is -0.120. The first-order chi connectivity index (χ1) is 20.9. The summed E-state index contributed by atoms with van der Waals surface area (Å²) in [4.78, 5) is 28.5. The van der Waals surface area contributed by atoms with E-state index in [2.05, 4.69) is 20.0 Å². The number of aromatic hydroxyl groups is 1. The molecule has 3 unspecified atom stereocenters. The fourth-order valence-electron chi connectivity index (χ4n) is 9.39. The average molecular weight is 605 g/mol. The summed E-state index contributed by atoms with van der Waals surface area (Å²) >= 11 is 6.72. The van der Waals surface area contributed by atoms with Gasteiger partial charge in [-0.2, -0.15) is 0 Å². The van der Waals surface area contributed by atoms with Gasteiger partial charge in [0, 0.05) is 54.6 Å². The standard InChI is InChI=1S/C33H41ClN6O3/c1-37-30-28(40-16-20-6-7-24(35-20)29(40)32(37)42)22-8-13-38(26-15-21(41)14-23(34)27(26)19-4-5-19)17-25(22)36-31(30)43-18-33-9-2-11-39(33)12-3-10-33/h14-15,19-20,24,29,35,41H,2-13,16-18H2,1H3. The van der Waals surface area contributed by atoms with Crippen LogP contribution in [0.15, 0.2) is 12.1 Å². The number of anilines is 3. The minimum Gasteiger partial charge on any atom is -0.508 e. The molecule has 1 aromatic heterocycles. The largest absolute Gasteiger partial charge is 0.508 e. The molecular formula is C33H41ClN6O3. The summed E-state index contributed by atoms with van der Waals surface area (Å²) in [5.74, 6) is 1.39. The number of pyridine rings is 1. The van der Waals surface area contributed by atoms with Gasteiger partial charge in [-0.3, -0.25) is 9.69 Å². The van der Waals surface area contributed by atoms with E-state index in [9.17, 15) is 9.90 Å². The summed E-state index contributed by atoms with van der Waals surface area (Å²) in [6, 6.07) is 3.94. The van der Waals surface area contributed by atoms with Gasteiger partial charge in [-0.25, -0.2) is 4.98 Å². The molecule has 1 aliphatic carbocycles. The van der Waals surface area contributed by atoms with Crippen LogP contribution in [0.25, 0.3) is 0 Å². The molecule has 3 atom stereocenters. The SMILES string of the molecule is CN1C(=O)C2C3CCC(CN2c2c4c(nc(OCC56CCCN5CCC6)c21)CN(c1cc(O)cc(Cl)c1C1CC1)CC4)N3. The van der Waals surface area contributed by atoms with Crippen molar-refractivity contribution in [3.63, 3.8) is 0 Å². The molecule has 5 fully saturated rings. The first-order valence-corrected chi connectivity index (χ1v) is 16.8. The molecule has 6 aliphatic heterocycles. The Morgan fingerprint density at radius 3 is 2.72 bits per heavy atom. The number of nitrogens with one attached hydrogen (secondary N) is 1. The van der Waals surface area contributed by atoms with Crippen LogP contribution >= 0.6 is 11.6 Å². The van der Waals surface area contributed by atoms with Crippen molar-refractivity contribution < 1.29 is 14.6 Å². The van der Waals surface area contributed by atoms with E-state index in [0.29, 0.717) is 36.0 Å². The number of fused-ring (bicyclic) bond motifs is 9. The molecule has 9 nitrogen and oxygen atoms in total. The average Bonchev–Trinajstić information content (AvgIpc) is 3.46. The predicted molar refractivity (Wildman–Crippen MR) is 167 cm³/mol. The zero-order valence-electron chi connectivity index (χ0n) is 24.9. The Labute approximate surface area is 258 Å². The zero-order chi connectivity index (χ0) is 29.0. The molecule has 0 radical (unpaired) electrons. The summed E-state index contributed by atoms with van der Waals surface area (Å²) in [5.41, 5.74) is 6.54. The van der Waals surface area contributed by atoms with Crippen LogP contribution in [0.2, 0.25) is 5.02 Å². The van der Waals surface area contributed by atoms with E-state index in [0.717, 1.165) is 99.4 Å². The summed E-state index contributed by atoms with van der Waals surface area (Å²) < 4.78 is 6.81. The number of aromatic nitrogens is 1. The quantitative estimate of drug-likeness (QED) is 0.526. The van der Waals surface area contributed by atoms with E-state index in [4.69, 9.17) is 21.3 Å². The van der Waals surface area contributed by atoms with Crippen molar-refractivity contribution >= 4 is 34.6 Å². The number of amides is 1. The van der Waals surface area contributed by atoms with Crippen molar-refractivity contribution in [3.8, 4) is 11.6 Å². The Hall–Kier alpha value is -2.75. The van der Waals surface area contributed by atoms with Gasteiger partial charge in [0.2, 0.25) is 5.88 Å². The molecule has 228 valence electrons.